The molecule has 0 unspecified atom stereocenters. The average molecular weight is 344 g/mol. The Morgan fingerprint density at radius 3 is 2.52 bits per heavy atom. The van der Waals surface area contributed by atoms with Crippen molar-refractivity contribution in [2.75, 3.05) is 6.54 Å². The van der Waals surface area contributed by atoms with Crippen LogP contribution in [-0.4, -0.2) is 29.3 Å². The van der Waals surface area contributed by atoms with E-state index in [1.807, 2.05) is 0 Å². The van der Waals surface area contributed by atoms with Crippen LogP contribution in [-0.2, 0) is 11.3 Å². The maximum atomic E-state index is 13.8. The van der Waals surface area contributed by atoms with Crippen LogP contribution in [0.1, 0.15) is 28.8 Å². The van der Waals surface area contributed by atoms with Crippen molar-refractivity contribution in [3.8, 4) is 0 Å². The first-order chi connectivity index (χ1) is 12.1. The zero-order valence-corrected chi connectivity index (χ0v) is 13.5. The van der Waals surface area contributed by atoms with E-state index in [1.165, 1.54) is 35.2 Å². The van der Waals surface area contributed by atoms with Gasteiger partial charge in [0.25, 0.3) is 5.91 Å². The smallest absolute Gasteiger partial charge is 0.257 e. The normalized spacial score (nSPS) is 16.7. The van der Waals surface area contributed by atoms with Crippen molar-refractivity contribution in [3.63, 3.8) is 0 Å². The lowest BCUT2D eigenvalue weighted by atomic mass is 10.1. The highest BCUT2D eigenvalue weighted by molar-refractivity contribution is 5.98. The molecule has 1 heterocycles. The Morgan fingerprint density at radius 2 is 1.80 bits per heavy atom. The van der Waals surface area contributed by atoms with Crippen molar-refractivity contribution in [2.45, 2.75) is 25.4 Å². The molecule has 4 nitrogen and oxygen atoms in total. The Morgan fingerprint density at radius 1 is 1.08 bits per heavy atom. The fourth-order valence-electron chi connectivity index (χ4n) is 2.98. The molecule has 0 radical (unpaired) electrons. The molecule has 1 aliphatic rings. The van der Waals surface area contributed by atoms with Gasteiger partial charge in [0.15, 0.2) is 0 Å². The Kier molecular flexibility index (Phi) is 5.07. The van der Waals surface area contributed by atoms with E-state index in [0.717, 1.165) is 5.56 Å². The Bertz CT molecular complexity index is 777. The molecule has 130 valence electrons. The van der Waals surface area contributed by atoms with Crippen LogP contribution in [0.15, 0.2) is 48.5 Å². The van der Waals surface area contributed by atoms with Crippen LogP contribution in [0.4, 0.5) is 8.78 Å². The summed E-state index contributed by atoms with van der Waals surface area (Å²) in [5, 5.41) is 2.76. The third-order valence-electron chi connectivity index (χ3n) is 4.30. The molecule has 1 atom stereocenters. The Balaban J connectivity index is 1.66. The van der Waals surface area contributed by atoms with Crippen LogP contribution in [0.3, 0.4) is 0 Å². The minimum Gasteiger partial charge on any atom is -0.350 e. The van der Waals surface area contributed by atoms with Crippen LogP contribution in [0, 0.1) is 11.6 Å². The molecule has 0 saturated carbocycles. The molecule has 1 fully saturated rings. The molecular weight excluding hydrogens is 326 g/mol. The number of carbonyl (C=O) groups excluding carboxylic acids is 2. The minimum absolute atomic E-state index is 0.0271. The molecule has 0 aliphatic carbocycles. The van der Waals surface area contributed by atoms with Crippen molar-refractivity contribution in [1.29, 1.82) is 0 Å². The summed E-state index contributed by atoms with van der Waals surface area (Å²) in [5.74, 6) is -1.69. The van der Waals surface area contributed by atoms with Crippen molar-refractivity contribution in [3.05, 3.63) is 71.3 Å². The molecule has 6 heteroatoms. The number of amides is 2. The van der Waals surface area contributed by atoms with Crippen LogP contribution in [0.5, 0.6) is 0 Å². The molecule has 1 aliphatic heterocycles. The second-order valence-electron chi connectivity index (χ2n) is 5.98. The van der Waals surface area contributed by atoms with Crippen LogP contribution >= 0.6 is 0 Å². The van der Waals surface area contributed by atoms with Gasteiger partial charge in [0.2, 0.25) is 5.91 Å². The molecule has 2 aromatic carbocycles. The first-order valence-electron chi connectivity index (χ1n) is 8.14. The summed E-state index contributed by atoms with van der Waals surface area (Å²) in [4.78, 5) is 26.4. The van der Waals surface area contributed by atoms with E-state index < -0.39 is 17.8 Å². The van der Waals surface area contributed by atoms with Crippen molar-refractivity contribution in [1.82, 2.24) is 10.2 Å². The van der Waals surface area contributed by atoms with E-state index >= 15 is 0 Å². The number of nitrogens with one attached hydrogen (secondary N) is 1. The zero-order chi connectivity index (χ0) is 17.8. The minimum atomic E-state index is -0.618. The topological polar surface area (TPSA) is 49.4 Å². The summed E-state index contributed by atoms with van der Waals surface area (Å²) < 4.78 is 26.7. The largest absolute Gasteiger partial charge is 0.350 e. The summed E-state index contributed by atoms with van der Waals surface area (Å²) in [6.07, 6.45) is 1.23. The fraction of sp³-hybridized carbons (Fsp3) is 0.263. The molecule has 1 N–H and O–H groups in total. The standard InChI is InChI=1S/C19H18F2N2O2/c20-14-9-7-13(8-10-14)12-22-18(24)17-6-3-11-23(17)19(25)15-4-1-2-5-16(15)21/h1-2,4-5,7-10,17H,3,6,11-12H2,(H,22,24)/t17-/m0/s1. The van der Waals surface area contributed by atoms with Gasteiger partial charge in [-0.15, -0.1) is 0 Å². The molecule has 2 aromatic rings. The Hall–Kier alpha value is -2.76. The van der Waals surface area contributed by atoms with E-state index in [9.17, 15) is 18.4 Å². The monoisotopic (exact) mass is 344 g/mol. The second-order valence-corrected chi connectivity index (χ2v) is 5.98. The fourth-order valence-corrected chi connectivity index (χ4v) is 2.98. The molecule has 0 aromatic heterocycles. The van der Waals surface area contributed by atoms with Gasteiger partial charge in [0.05, 0.1) is 5.56 Å². The third-order valence-corrected chi connectivity index (χ3v) is 4.30. The van der Waals surface area contributed by atoms with Crippen LogP contribution in [0.25, 0.3) is 0 Å². The van der Waals surface area contributed by atoms with Gasteiger partial charge in [-0.1, -0.05) is 24.3 Å². The molecule has 0 spiro atoms. The number of carbonyl (C=O) groups is 2. The van der Waals surface area contributed by atoms with Gasteiger partial charge >= 0.3 is 0 Å². The van der Waals surface area contributed by atoms with E-state index in [0.29, 0.717) is 19.4 Å². The van der Waals surface area contributed by atoms with Gasteiger partial charge in [0.1, 0.15) is 17.7 Å². The third kappa shape index (κ3) is 3.84. The molecular formula is C19H18F2N2O2. The highest BCUT2D eigenvalue weighted by atomic mass is 19.1. The first-order valence-corrected chi connectivity index (χ1v) is 8.14. The molecule has 1 saturated heterocycles. The number of benzene rings is 2. The van der Waals surface area contributed by atoms with E-state index in [1.54, 1.807) is 18.2 Å². The number of hydrogen-bond donors (Lipinski definition) is 1. The van der Waals surface area contributed by atoms with Gasteiger partial charge in [-0.05, 0) is 42.7 Å². The number of hydrogen-bond acceptors (Lipinski definition) is 2. The van der Waals surface area contributed by atoms with Crippen molar-refractivity contribution in [2.24, 2.45) is 0 Å². The van der Waals surface area contributed by atoms with E-state index in [-0.39, 0.29) is 23.8 Å². The quantitative estimate of drug-likeness (QED) is 0.927. The van der Waals surface area contributed by atoms with Gasteiger partial charge in [-0.2, -0.15) is 0 Å². The maximum Gasteiger partial charge on any atom is 0.257 e. The zero-order valence-electron chi connectivity index (χ0n) is 13.5. The molecule has 3 rings (SSSR count). The van der Waals surface area contributed by atoms with Gasteiger partial charge < -0.3 is 10.2 Å². The summed E-state index contributed by atoms with van der Waals surface area (Å²) >= 11 is 0. The lowest BCUT2D eigenvalue weighted by Gasteiger charge is -2.24. The van der Waals surface area contributed by atoms with Crippen molar-refractivity contribution < 1.29 is 18.4 Å². The summed E-state index contributed by atoms with van der Waals surface area (Å²) in [6.45, 7) is 0.666. The lowest BCUT2D eigenvalue weighted by Crippen LogP contribution is -2.45. The lowest BCUT2D eigenvalue weighted by molar-refractivity contribution is -0.125. The predicted octanol–water partition coefficient (Wildman–Crippen LogP) is 2.89. The first kappa shape index (κ1) is 17.1. The van der Waals surface area contributed by atoms with Gasteiger partial charge in [-0.25, -0.2) is 8.78 Å². The number of halogens is 2. The van der Waals surface area contributed by atoms with E-state index in [4.69, 9.17) is 0 Å². The van der Waals surface area contributed by atoms with Crippen LogP contribution in [0.2, 0.25) is 0 Å². The predicted molar refractivity (Wildman–Crippen MR) is 88.7 cm³/mol. The number of nitrogens with zero attached hydrogens (tertiary/aromatic N) is 1. The summed E-state index contributed by atoms with van der Waals surface area (Å²) in [7, 11) is 0. The van der Waals surface area contributed by atoms with Gasteiger partial charge in [0, 0.05) is 13.1 Å². The number of likely N-dealkylation sites (tertiary alicyclic amines) is 1. The molecule has 0 bridgehead atoms. The SMILES string of the molecule is O=C(NCc1ccc(F)cc1)[C@@H]1CCCN1C(=O)c1ccccc1F. The average Bonchev–Trinajstić information content (AvgIpc) is 3.10. The van der Waals surface area contributed by atoms with Crippen molar-refractivity contribution >= 4 is 11.8 Å². The highest BCUT2D eigenvalue weighted by Gasteiger charge is 2.35. The summed E-state index contributed by atoms with van der Waals surface area (Å²) in [5.41, 5.74) is 0.737. The molecule has 2 amide bonds. The maximum absolute atomic E-state index is 13.8. The number of rotatable bonds is 4. The van der Waals surface area contributed by atoms with Gasteiger partial charge in [-0.3, -0.25) is 9.59 Å². The second kappa shape index (κ2) is 7.42. The summed E-state index contributed by atoms with van der Waals surface area (Å²) in [6, 6.07) is 11.0. The van der Waals surface area contributed by atoms with Crippen LogP contribution < -0.4 is 5.32 Å². The molecule has 25 heavy (non-hydrogen) atoms. The highest BCUT2D eigenvalue weighted by Crippen LogP contribution is 2.21. The Labute approximate surface area is 144 Å². The van der Waals surface area contributed by atoms with E-state index in [2.05, 4.69) is 5.32 Å².